The molecule has 4 heteroatoms. The van der Waals surface area contributed by atoms with Crippen LogP contribution >= 0.6 is 0 Å². The van der Waals surface area contributed by atoms with E-state index in [0.29, 0.717) is 10.6 Å². The zero-order valence-corrected chi connectivity index (χ0v) is 16.9. The van der Waals surface area contributed by atoms with E-state index in [2.05, 4.69) is 13.5 Å². The maximum absolute atomic E-state index is 13.8. The number of rotatable bonds is 4. The van der Waals surface area contributed by atoms with Gasteiger partial charge in [-0.1, -0.05) is 72.3 Å². The summed E-state index contributed by atoms with van der Waals surface area (Å²) in [5.41, 5.74) is 3.09. The third-order valence-corrected chi connectivity index (χ3v) is 7.43. The number of aryl methyl sites for hydroxylation is 1. The molecule has 0 unspecified atom stereocenters. The average molecular weight is 390 g/mol. The minimum atomic E-state index is -3.76. The summed E-state index contributed by atoms with van der Waals surface area (Å²) < 4.78 is 29.1. The van der Waals surface area contributed by atoms with E-state index in [0.717, 1.165) is 16.7 Å². The molecule has 28 heavy (non-hydrogen) atoms. The van der Waals surface area contributed by atoms with E-state index < -0.39 is 21.5 Å². The van der Waals surface area contributed by atoms with Crippen molar-refractivity contribution < 1.29 is 8.42 Å². The fraction of sp³-hybridized carbons (Fsp3) is 0.167. The van der Waals surface area contributed by atoms with Gasteiger partial charge in [0.25, 0.3) is 10.0 Å². The van der Waals surface area contributed by atoms with Crippen molar-refractivity contribution in [2.45, 2.75) is 30.2 Å². The van der Waals surface area contributed by atoms with Crippen molar-refractivity contribution >= 4 is 15.7 Å². The van der Waals surface area contributed by atoms with Gasteiger partial charge in [-0.3, -0.25) is 4.31 Å². The Balaban J connectivity index is 2.00. The third kappa shape index (κ3) is 2.68. The maximum Gasteiger partial charge on any atom is 0.264 e. The lowest BCUT2D eigenvalue weighted by atomic mass is 9.76. The Kier molecular flexibility index (Phi) is 4.39. The van der Waals surface area contributed by atoms with Crippen LogP contribution in [0, 0.1) is 6.92 Å². The molecule has 0 aromatic heterocycles. The monoisotopic (exact) mass is 389 g/mol. The molecule has 3 aromatic rings. The molecule has 0 amide bonds. The molecule has 0 aliphatic carbocycles. The van der Waals surface area contributed by atoms with Gasteiger partial charge in [-0.25, -0.2) is 8.42 Å². The molecular formula is C24H23NO2S. The van der Waals surface area contributed by atoms with Crippen LogP contribution in [0.1, 0.15) is 29.7 Å². The highest BCUT2D eigenvalue weighted by Crippen LogP contribution is 2.55. The number of hydrogen-bond donors (Lipinski definition) is 0. The highest BCUT2D eigenvalue weighted by molar-refractivity contribution is 7.92. The first-order chi connectivity index (χ1) is 13.4. The molecule has 142 valence electrons. The van der Waals surface area contributed by atoms with Gasteiger partial charge in [-0.2, -0.15) is 0 Å². The van der Waals surface area contributed by atoms with Gasteiger partial charge in [0, 0.05) is 5.41 Å². The number of benzene rings is 3. The minimum absolute atomic E-state index is 0.294. The fourth-order valence-electron chi connectivity index (χ4n) is 4.08. The molecule has 0 radical (unpaired) electrons. The smallest absolute Gasteiger partial charge is 0.257 e. The SMILES string of the molecule is C=C[C@]1(C)c2ccccc2N(S(=O)(=O)c2ccc(C)cc2)[C@H]1c1ccccc1. The molecule has 0 saturated heterocycles. The second kappa shape index (κ2) is 6.64. The molecule has 0 spiro atoms. The van der Waals surface area contributed by atoms with E-state index in [-0.39, 0.29) is 0 Å². The largest absolute Gasteiger partial charge is 0.264 e. The Morgan fingerprint density at radius 2 is 1.54 bits per heavy atom. The Morgan fingerprint density at radius 1 is 0.929 bits per heavy atom. The third-order valence-electron chi connectivity index (χ3n) is 5.64. The Bertz CT molecular complexity index is 1120. The summed E-state index contributed by atoms with van der Waals surface area (Å²) in [6.45, 7) is 8.07. The fourth-order valence-corrected chi connectivity index (χ4v) is 5.83. The molecule has 1 aliphatic heterocycles. The van der Waals surface area contributed by atoms with E-state index in [1.54, 1.807) is 16.4 Å². The van der Waals surface area contributed by atoms with Crippen LogP contribution in [-0.2, 0) is 15.4 Å². The van der Waals surface area contributed by atoms with Crippen LogP contribution in [0.2, 0.25) is 0 Å². The van der Waals surface area contributed by atoms with Crippen molar-refractivity contribution in [1.82, 2.24) is 0 Å². The number of hydrogen-bond acceptors (Lipinski definition) is 2. The summed E-state index contributed by atoms with van der Waals surface area (Å²) in [4.78, 5) is 0.294. The summed E-state index contributed by atoms with van der Waals surface area (Å²) in [6, 6.07) is 24.1. The van der Waals surface area contributed by atoms with E-state index in [9.17, 15) is 8.42 Å². The zero-order valence-electron chi connectivity index (χ0n) is 16.0. The van der Waals surface area contributed by atoms with Gasteiger partial charge in [-0.05, 0) is 43.2 Å². The molecule has 3 nitrogen and oxygen atoms in total. The van der Waals surface area contributed by atoms with Gasteiger partial charge < -0.3 is 0 Å². The summed E-state index contributed by atoms with van der Waals surface area (Å²) in [7, 11) is -3.76. The normalized spacial score (nSPS) is 21.4. The molecule has 3 aromatic carbocycles. The Hall–Kier alpha value is -2.85. The molecule has 0 N–H and O–H groups in total. The lowest BCUT2D eigenvalue weighted by Crippen LogP contribution is -2.38. The first-order valence-corrected chi connectivity index (χ1v) is 10.7. The number of sulfonamides is 1. The van der Waals surface area contributed by atoms with Gasteiger partial charge in [-0.15, -0.1) is 6.58 Å². The van der Waals surface area contributed by atoms with Crippen molar-refractivity contribution in [3.63, 3.8) is 0 Å². The van der Waals surface area contributed by atoms with Gasteiger partial charge in [0.05, 0.1) is 16.6 Å². The van der Waals surface area contributed by atoms with Crippen molar-refractivity contribution in [3.05, 3.63) is 108 Å². The summed E-state index contributed by atoms with van der Waals surface area (Å²) in [5, 5.41) is 0. The second-order valence-corrected chi connectivity index (χ2v) is 9.25. The lowest BCUT2D eigenvalue weighted by molar-refractivity contribution is 0.500. The number of fused-ring (bicyclic) bond motifs is 1. The van der Waals surface area contributed by atoms with Crippen molar-refractivity contribution in [3.8, 4) is 0 Å². The molecule has 0 fully saturated rings. The molecule has 1 aliphatic rings. The van der Waals surface area contributed by atoms with Crippen LogP contribution < -0.4 is 4.31 Å². The van der Waals surface area contributed by atoms with Crippen LogP contribution in [0.25, 0.3) is 0 Å². The highest BCUT2D eigenvalue weighted by atomic mass is 32.2. The standard InChI is InChI=1S/C24H23NO2S/c1-4-24(3)21-12-8-9-13-22(21)25(23(24)19-10-6-5-7-11-19)28(26,27)20-16-14-18(2)15-17-20/h4-17,23H,1H2,2-3H3/t23-,24+/m0/s1. The summed E-state index contributed by atoms with van der Waals surface area (Å²) >= 11 is 0. The predicted octanol–water partition coefficient (Wildman–Crippen LogP) is 5.39. The quantitative estimate of drug-likeness (QED) is 0.561. The maximum atomic E-state index is 13.8. The first-order valence-electron chi connectivity index (χ1n) is 9.29. The molecule has 1 heterocycles. The molecule has 0 saturated carbocycles. The van der Waals surface area contributed by atoms with Crippen LogP contribution in [0.5, 0.6) is 0 Å². The minimum Gasteiger partial charge on any atom is -0.257 e. The van der Waals surface area contributed by atoms with Crippen molar-refractivity contribution in [2.75, 3.05) is 4.31 Å². The average Bonchev–Trinajstić information content (AvgIpc) is 2.99. The number of nitrogens with zero attached hydrogens (tertiary/aromatic N) is 1. The molecule has 4 rings (SSSR count). The molecular weight excluding hydrogens is 366 g/mol. The molecule has 0 bridgehead atoms. The first kappa shape index (κ1) is 18.5. The number of para-hydroxylation sites is 1. The van der Waals surface area contributed by atoms with Gasteiger partial charge >= 0.3 is 0 Å². The van der Waals surface area contributed by atoms with Gasteiger partial charge in [0.15, 0.2) is 0 Å². The summed E-state index contributed by atoms with van der Waals surface area (Å²) in [6.07, 6.45) is 1.87. The van der Waals surface area contributed by atoms with Crippen molar-refractivity contribution in [1.29, 1.82) is 0 Å². The van der Waals surface area contributed by atoms with Gasteiger partial charge in [0.2, 0.25) is 0 Å². The predicted molar refractivity (Wildman–Crippen MR) is 114 cm³/mol. The summed E-state index contributed by atoms with van der Waals surface area (Å²) in [5.74, 6) is 0. The highest BCUT2D eigenvalue weighted by Gasteiger charge is 2.51. The number of anilines is 1. The lowest BCUT2D eigenvalue weighted by Gasteiger charge is -2.34. The van der Waals surface area contributed by atoms with Crippen LogP contribution in [0.4, 0.5) is 5.69 Å². The topological polar surface area (TPSA) is 37.4 Å². The van der Waals surface area contributed by atoms with E-state index in [1.165, 1.54) is 0 Å². The van der Waals surface area contributed by atoms with E-state index >= 15 is 0 Å². The van der Waals surface area contributed by atoms with E-state index in [4.69, 9.17) is 0 Å². The van der Waals surface area contributed by atoms with Crippen LogP contribution in [-0.4, -0.2) is 8.42 Å². The van der Waals surface area contributed by atoms with Crippen LogP contribution in [0.15, 0.2) is 96.4 Å². The molecule has 2 atom stereocenters. The Morgan fingerprint density at radius 3 is 2.18 bits per heavy atom. The van der Waals surface area contributed by atoms with Gasteiger partial charge in [0.1, 0.15) is 0 Å². The van der Waals surface area contributed by atoms with Crippen molar-refractivity contribution in [2.24, 2.45) is 0 Å². The second-order valence-electron chi connectivity index (χ2n) is 7.43. The Labute approximate surface area is 167 Å². The van der Waals surface area contributed by atoms with E-state index in [1.807, 2.05) is 79.7 Å². The van der Waals surface area contributed by atoms with Crippen LogP contribution in [0.3, 0.4) is 0 Å². The zero-order chi connectivity index (χ0) is 19.9.